The number of ether oxygens (including phenoxy) is 1. The molecule has 0 radical (unpaired) electrons. The Morgan fingerprint density at radius 1 is 0.733 bits per heavy atom. The average molecular weight is 523 g/mol. The van der Waals surface area contributed by atoms with Gasteiger partial charge in [0.1, 0.15) is 5.75 Å². The fourth-order valence-corrected chi connectivity index (χ4v) is 6.10. The molecule has 30 heavy (non-hydrogen) atoms. The zero-order chi connectivity index (χ0) is 20.9. The van der Waals surface area contributed by atoms with E-state index in [0.717, 1.165) is 9.13 Å². The summed E-state index contributed by atoms with van der Waals surface area (Å²) in [6.45, 7) is 1.97. The average Bonchev–Trinajstić information content (AvgIpc) is 2.76. The van der Waals surface area contributed by atoms with E-state index in [0.29, 0.717) is 11.3 Å². The molecule has 0 heterocycles. The lowest BCUT2D eigenvalue weighted by molar-refractivity contribution is 0.0734. The molecule has 0 N–H and O–H groups in total. The standard InChI is InChI=1S/C26H20IO2S/c1-19-16-20(18-21(27)17-19)26(28)29-22-12-14-25(15-13-22)30(23-8-4-2-5-9-23)24-10-6-3-7-11-24/h2-18H,1H3/q+1. The van der Waals surface area contributed by atoms with Gasteiger partial charge in [0, 0.05) is 3.57 Å². The van der Waals surface area contributed by atoms with Gasteiger partial charge in [0.05, 0.1) is 16.5 Å². The van der Waals surface area contributed by atoms with E-state index >= 15 is 0 Å². The molecule has 0 fully saturated rings. The first-order chi connectivity index (χ1) is 14.6. The molecular weight excluding hydrogens is 503 g/mol. The van der Waals surface area contributed by atoms with Crippen molar-refractivity contribution in [2.75, 3.05) is 0 Å². The Kier molecular flexibility index (Phi) is 6.55. The molecule has 0 atom stereocenters. The highest BCUT2D eigenvalue weighted by Crippen LogP contribution is 2.32. The summed E-state index contributed by atoms with van der Waals surface area (Å²) in [5.74, 6) is 0.208. The van der Waals surface area contributed by atoms with Crippen molar-refractivity contribution < 1.29 is 9.53 Å². The first-order valence-electron chi connectivity index (χ1n) is 9.54. The van der Waals surface area contributed by atoms with Crippen LogP contribution in [0.25, 0.3) is 0 Å². The van der Waals surface area contributed by atoms with Crippen LogP contribution in [0.3, 0.4) is 0 Å². The number of esters is 1. The Labute approximate surface area is 193 Å². The van der Waals surface area contributed by atoms with Crippen LogP contribution in [0.5, 0.6) is 5.75 Å². The molecule has 0 amide bonds. The molecule has 0 spiro atoms. The fourth-order valence-electron chi connectivity index (χ4n) is 3.19. The van der Waals surface area contributed by atoms with Crippen molar-refractivity contribution in [1.29, 1.82) is 0 Å². The summed E-state index contributed by atoms with van der Waals surface area (Å²) < 4.78 is 6.64. The third-order valence-corrected chi connectivity index (χ3v) is 7.36. The number of hydrogen-bond donors (Lipinski definition) is 0. The highest BCUT2D eigenvalue weighted by Gasteiger charge is 2.28. The molecule has 0 bridgehead atoms. The van der Waals surface area contributed by atoms with Crippen LogP contribution in [-0.4, -0.2) is 5.97 Å². The topological polar surface area (TPSA) is 26.3 Å². The normalized spacial score (nSPS) is 10.8. The van der Waals surface area contributed by atoms with E-state index in [1.54, 1.807) is 0 Å². The highest BCUT2D eigenvalue weighted by atomic mass is 127. The van der Waals surface area contributed by atoms with E-state index in [4.69, 9.17) is 4.74 Å². The molecule has 0 aliphatic rings. The monoisotopic (exact) mass is 523 g/mol. The predicted molar refractivity (Wildman–Crippen MR) is 130 cm³/mol. The second kappa shape index (κ2) is 9.49. The Morgan fingerprint density at radius 3 is 1.80 bits per heavy atom. The maximum absolute atomic E-state index is 12.6. The van der Waals surface area contributed by atoms with E-state index in [1.165, 1.54) is 14.7 Å². The zero-order valence-corrected chi connectivity index (χ0v) is 19.4. The van der Waals surface area contributed by atoms with Gasteiger partial charge in [-0.3, -0.25) is 0 Å². The number of rotatable bonds is 5. The van der Waals surface area contributed by atoms with Crippen LogP contribution < -0.4 is 4.74 Å². The molecule has 4 aromatic rings. The van der Waals surface area contributed by atoms with Crippen LogP contribution in [0, 0.1) is 10.5 Å². The van der Waals surface area contributed by atoms with E-state index in [2.05, 4.69) is 71.1 Å². The summed E-state index contributed by atoms with van der Waals surface area (Å²) in [5, 5.41) is 0. The van der Waals surface area contributed by atoms with Crippen LogP contribution in [0.15, 0.2) is 118 Å². The first-order valence-corrected chi connectivity index (χ1v) is 11.8. The second-order valence-corrected chi connectivity index (χ2v) is 10.1. The maximum Gasteiger partial charge on any atom is 0.343 e. The lowest BCUT2D eigenvalue weighted by atomic mass is 10.1. The van der Waals surface area contributed by atoms with Gasteiger partial charge in [0.25, 0.3) is 0 Å². The Bertz CT molecular complexity index is 1080. The molecule has 4 aromatic carbocycles. The maximum atomic E-state index is 12.6. The third kappa shape index (κ3) is 4.94. The minimum absolute atomic E-state index is 0.219. The summed E-state index contributed by atoms with van der Waals surface area (Å²) in [4.78, 5) is 16.2. The van der Waals surface area contributed by atoms with Crippen molar-refractivity contribution in [3.8, 4) is 5.75 Å². The van der Waals surface area contributed by atoms with Crippen molar-refractivity contribution in [3.05, 3.63) is 118 Å². The minimum atomic E-state index is -0.338. The first kappa shape index (κ1) is 20.7. The Hall–Kier alpha value is -2.57. The molecule has 0 saturated heterocycles. The summed E-state index contributed by atoms with van der Waals surface area (Å²) in [6, 6.07) is 34.5. The van der Waals surface area contributed by atoms with Crippen molar-refractivity contribution in [2.24, 2.45) is 0 Å². The molecule has 0 aliphatic carbocycles. The summed E-state index contributed by atoms with van der Waals surface area (Å²) in [5.41, 5.74) is 1.61. The lowest BCUT2D eigenvalue weighted by Gasteiger charge is -2.09. The molecule has 148 valence electrons. The van der Waals surface area contributed by atoms with Crippen LogP contribution in [0.4, 0.5) is 0 Å². The number of hydrogen-bond acceptors (Lipinski definition) is 2. The van der Waals surface area contributed by atoms with Gasteiger partial charge in [0.2, 0.25) is 0 Å². The largest absolute Gasteiger partial charge is 0.423 e. The molecule has 0 unspecified atom stereocenters. The van der Waals surface area contributed by atoms with Crippen molar-refractivity contribution in [3.63, 3.8) is 0 Å². The van der Waals surface area contributed by atoms with Crippen LogP contribution in [-0.2, 0) is 10.9 Å². The second-order valence-electron chi connectivity index (χ2n) is 6.81. The molecule has 4 rings (SSSR count). The van der Waals surface area contributed by atoms with Crippen molar-refractivity contribution in [2.45, 2.75) is 21.6 Å². The van der Waals surface area contributed by atoms with Gasteiger partial charge in [-0.15, -0.1) is 0 Å². The summed E-state index contributed by atoms with van der Waals surface area (Å²) in [7, 11) is -0.219. The van der Waals surface area contributed by atoms with Crippen molar-refractivity contribution >= 4 is 39.5 Å². The number of carbonyl (C=O) groups is 1. The molecule has 4 heteroatoms. The van der Waals surface area contributed by atoms with Gasteiger partial charge < -0.3 is 4.74 Å². The molecule has 0 saturated carbocycles. The minimum Gasteiger partial charge on any atom is -0.423 e. The van der Waals surface area contributed by atoms with Gasteiger partial charge in [-0.1, -0.05) is 36.4 Å². The van der Waals surface area contributed by atoms with Crippen molar-refractivity contribution in [1.82, 2.24) is 0 Å². The van der Waals surface area contributed by atoms with E-state index in [9.17, 15) is 4.79 Å². The summed E-state index contributed by atoms with van der Waals surface area (Å²) in [6.07, 6.45) is 0. The Morgan fingerprint density at radius 2 is 1.27 bits per heavy atom. The molecule has 0 aliphatic heterocycles. The molecule has 0 aromatic heterocycles. The van der Waals surface area contributed by atoms with Gasteiger partial charge in [-0.2, -0.15) is 0 Å². The smallest absolute Gasteiger partial charge is 0.343 e. The molecular formula is C26H20IO2S+. The third-order valence-electron chi connectivity index (χ3n) is 4.51. The number of benzene rings is 4. The van der Waals surface area contributed by atoms with E-state index in [1.807, 2.05) is 61.5 Å². The van der Waals surface area contributed by atoms with Crippen LogP contribution in [0.2, 0.25) is 0 Å². The number of aryl methyl sites for hydroxylation is 1. The van der Waals surface area contributed by atoms with Gasteiger partial charge in [-0.05, 0) is 102 Å². The SMILES string of the molecule is Cc1cc(I)cc(C(=O)Oc2ccc([S+](c3ccccc3)c3ccccc3)cc2)c1. The Balaban J connectivity index is 1.60. The highest BCUT2D eigenvalue weighted by molar-refractivity contribution is 14.1. The fraction of sp³-hybridized carbons (Fsp3) is 0.0385. The zero-order valence-electron chi connectivity index (χ0n) is 16.4. The van der Waals surface area contributed by atoms with Crippen LogP contribution >= 0.6 is 22.6 Å². The number of halogens is 1. The van der Waals surface area contributed by atoms with Gasteiger partial charge in [0.15, 0.2) is 14.7 Å². The summed E-state index contributed by atoms with van der Waals surface area (Å²) >= 11 is 2.21. The van der Waals surface area contributed by atoms with E-state index in [-0.39, 0.29) is 16.9 Å². The van der Waals surface area contributed by atoms with E-state index < -0.39 is 0 Å². The van der Waals surface area contributed by atoms with Gasteiger partial charge >= 0.3 is 5.97 Å². The molecule has 2 nitrogen and oxygen atoms in total. The van der Waals surface area contributed by atoms with Crippen LogP contribution in [0.1, 0.15) is 15.9 Å². The number of carbonyl (C=O) groups excluding carboxylic acids is 1. The van der Waals surface area contributed by atoms with Gasteiger partial charge in [-0.25, -0.2) is 4.79 Å². The lowest BCUT2D eigenvalue weighted by Crippen LogP contribution is -2.09. The quantitative estimate of drug-likeness (QED) is 0.123. The predicted octanol–water partition coefficient (Wildman–Crippen LogP) is 6.91.